The number of nitrogens with one attached hydrogen (secondary N) is 1. The SMILES string of the molecule is CCCNC(=O)[C@@H](Cc1ccccc1)N(Cc1ccc(Cl)cc1Cl)C(=O)CN(c1cc(C)ccc1OC)S(=O)(=O)c1ccc(C)cc1. The Balaban J connectivity index is 1.86. The first-order valence-electron chi connectivity index (χ1n) is 15.2. The summed E-state index contributed by atoms with van der Waals surface area (Å²) in [7, 11) is -2.85. The highest BCUT2D eigenvalue weighted by atomic mass is 35.5. The Hall–Kier alpha value is -4.05. The van der Waals surface area contributed by atoms with E-state index < -0.39 is 28.5 Å². The molecule has 4 aromatic rings. The molecule has 1 atom stereocenters. The van der Waals surface area contributed by atoms with Gasteiger partial charge < -0.3 is 15.0 Å². The Morgan fingerprint density at radius 1 is 0.894 bits per heavy atom. The van der Waals surface area contributed by atoms with Crippen LogP contribution in [0.25, 0.3) is 0 Å². The topological polar surface area (TPSA) is 96.0 Å². The van der Waals surface area contributed by atoms with Gasteiger partial charge in [-0.25, -0.2) is 8.42 Å². The Labute approximate surface area is 287 Å². The maximum atomic E-state index is 14.7. The number of carbonyl (C=O) groups is 2. The number of sulfonamides is 1. The fourth-order valence-corrected chi connectivity index (χ4v) is 6.98. The molecular formula is C36H39Cl2N3O5S. The predicted octanol–water partition coefficient (Wildman–Crippen LogP) is 6.98. The van der Waals surface area contributed by atoms with Gasteiger partial charge in [0, 0.05) is 29.6 Å². The summed E-state index contributed by atoms with van der Waals surface area (Å²) < 4.78 is 35.3. The highest BCUT2D eigenvalue weighted by molar-refractivity contribution is 7.92. The minimum atomic E-state index is -4.29. The Morgan fingerprint density at radius 3 is 2.21 bits per heavy atom. The molecule has 2 amide bonds. The number of methoxy groups -OCH3 is 1. The fourth-order valence-electron chi connectivity index (χ4n) is 5.10. The molecule has 4 rings (SSSR count). The minimum Gasteiger partial charge on any atom is -0.495 e. The summed E-state index contributed by atoms with van der Waals surface area (Å²) in [6.07, 6.45) is 0.877. The van der Waals surface area contributed by atoms with Crippen LogP contribution >= 0.6 is 23.2 Å². The summed E-state index contributed by atoms with van der Waals surface area (Å²) in [5, 5.41) is 3.66. The number of nitrogens with zero attached hydrogens (tertiary/aromatic N) is 2. The number of rotatable bonds is 14. The van der Waals surface area contributed by atoms with Gasteiger partial charge in [-0.1, -0.05) is 90.3 Å². The first-order valence-corrected chi connectivity index (χ1v) is 17.4. The van der Waals surface area contributed by atoms with Crippen molar-refractivity contribution >= 4 is 50.7 Å². The molecule has 0 heterocycles. The molecule has 0 fully saturated rings. The molecule has 1 N–H and O–H groups in total. The number of hydrogen-bond donors (Lipinski definition) is 1. The van der Waals surface area contributed by atoms with Crippen LogP contribution in [-0.4, -0.2) is 51.4 Å². The zero-order chi connectivity index (χ0) is 34.1. The average molecular weight is 697 g/mol. The first-order chi connectivity index (χ1) is 22.4. The van der Waals surface area contributed by atoms with Gasteiger partial charge in [-0.2, -0.15) is 0 Å². The van der Waals surface area contributed by atoms with Crippen LogP contribution in [0.3, 0.4) is 0 Å². The van der Waals surface area contributed by atoms with E-state index in [0.29, 0.717) is 28.6 Å². The third-order valence-corrected chi connectivity index (χ3v) is 10.0. The number of hydrogen-bond acceptors (Lipinski definition) is 5. The van der Waals surface area contributed by atoms with Crippen molar-refractivity contribution in [1.29, 1.82) is 0 Å². The molecule has 0 aliphatic rings. The molecule has 0 aliphatic heterocycles. The quantitative estimate of drug-likeness (QED) is 0.154. The lowest BCUT2D eigenvalue weighted by molar-refractivity contribution is -0.140. The summed E-state index contributed by atoms with van der Waals surface area (Å²) in [4.78, 5) is 29.9. The molecule has 8 nitrogen and oxygen atoms in total. The summed E-state index contributed by atoms with van der Waals surface area (Å²) in [6, 6.07) is 24.8. The van der Waals surface area contributed by atoms with E-state index in [1.165, 1.54) is 24.1 Å². The molecule has 0 saturated heterocycles. The monoisotopic (exact) mass is 695 g/mol. The lowest BCUT2D eigenvalue weighted by Gasteiger charge is -2.34. The van der Waals surface area contributed by atoms with Crippen LogP contribution < -0.4 is 14.4 Å². The normalized spacial score (nSPS) is 11.9. The van der Waals surface area contributed by atoms with Crippen molar-refractivity contribution in [2.24, 2.45) is 0 Å². The van der Waals surface area contributed by atoms with Gasteiger partial charge in [0.25, 0.3) is 10.0 Å². The van der Waals surface area contributed by atoms with E-state index in [0.717, 1.165) is 21.0 Å². The number of halogens is 2. The largest absolute Gasteiger partial charge is 0.495 e. The Morgan fingerprint density at radius 2 is 1.57 bits per heavy atom. The van der Waals surface area contributed by atoms with Crippen LogP contribution in [0.15, 0.2) is 95.9 Å². The van der Waals surface area contributed by atoms with Crippen molar-refractivity contribution in [3.63, 3.8) is 0 Å². The summed E-state index contributed by atoms with van der Waals surface area (Å²) in [6.45, 7) is 5.33. The molecule has 0 aliphatic carbocycles. The number of carbonyl (C=O) groups excluding carboxylic acids is 2. The lowest BCUT2D eigenvalue weighted by atomic mass is 10.0. The molecule has 0 radical (unpaired) electrons. The van der Waals surface area contributed by atoms with E-state index in [1.807, 2.05) is 51.1 Å². The zero-order valence-corrected chi connectivity index (χ0v) is 29.2. The van der Waals surface area contributed by atoms with E-state index in [9.17, 15) is 18.0 Å². The molecule has 0 saturated carbocycles. The van der Waals surface area contributed by atoms with Crippen LogP contribution in [0.1, 0.15) is 35.6 Å². The molecule has 0 aromatic heterocycles. The number of aryl methyl sites for hydroxylation is 2. The molecule has 0 bridgehead atoms. The van der Waals surface area contributed by atoms with Crippen LogP contribution in [0.5, 0.6) is 5.75 Å². The standard InChI is InChI=1S/C36H39Cl2N3O5S/c1-5-19-39-36(43)33(21-27-9-7-6-8-10-27)40(23-28-14-15-29(37)22-31(28)38)35(42)24-41(32-20-26(3)13-18-34(32)46-4)47(44,45)30-16-11-25(2)12-17-30/h6-18,20,22,33H,5,19,21,23-24H2,1-4H3,(H,39,43)/t33-/m1/s1. The smallest absolute Gasteiger partial charge is 0.264 e. The zero-order valence-electron chi connectivity index (χ0n) is 26.9. The second-order valence-corrected chi connectivity index (χ2v) is 14.0. The van der Waals surface area contributed by atoms with E-state index in [2.05, 4.69) is 5.32 Å². The molecule has 11 heteroatoms. The van der Waals surface area contributed by atoms with Crippen LogP contribution in [0, 0.1) is 13.8 Å². The van der Waals surface area contributed by atoms with Gasteiger partial charge in [-0.05, 0) is 73.4 Å². The van der Waals surface area contributed by atoms with Crippen molar-refractivity contribution in [2.45, 2.75) is 51.1 Å². The lowest BCUT2D eigenvalue weighted by Crippen LogP contribution is -2.53. The van der Waals surface area contributed by atoms with Crippen molar-refractivity contribution < 1.29 is 22.7 Å². The van der Waals surface area contributed by atoms with Gasteiger partial charge in [0.05, 0.1) is 17.7 Å². The first kappa shape index (κ1) is 35.8. The second-order valence-electron chi connectivity index (χ2n) is 11.3. The van der Waals surface area contributed by atoms with Crippen molar-refractivity contribution in [1.82, 2.24) is 10.2 Å². The summed E-state index contributed by atoms with van der Waals surface area (Å²) in [5.74, 6) is -0.703. The maximum Gasteiger partial charge on any atom is 0.264 e. The minimum absolute atomic E-state index is 0.00767. The van der Waals surface area contributed by atoms with Gasteiger partial charge in [-0.15, -0.1) is 0 Å². The van der Waals surface area contributed by atoms with Crippen LogP contribution in [0.4, 0.5) is 5.69 Å². The van der Waals surface area contributed by atoms with Crippen LogP contribution in [0.2, 0.25) is 10.0 Å². The third-order valence-electron chi connectivity index (χ3n) is 7.67. The highest BCUT2D eigenvalue weighted by Crippen LogP contribution is 2.34. The molecule has 0 unspecified atom stereocenters. The van der Waals surface area contributed by atoms with Crippen molar-refractivity contribution in [3.8, 4) is 5.75 Å². The average Bonchev–Trinajstić information content (AvgIpc) is 3.05. The number of amides is 2. The van der Waals surface area contributed by atoms with Crippen molar-refractivity contribution in [3.05, 3.63) is 123 Å². The van der Waals surface area contributed by atoms with Crippen molar-refractivity contribution in [2.75, 3.05) is 24.5 Å². The molecular weight excluding hydrogens is 657 g/mol. The van der Waals surface area contributed by atoms with E-state index >= 15 is 0 Å². The molecule has 47 heavy (non-hydrogen) atoms. The van der Waals surface area contributed by atoms with Gasteiger partial charge in [0.1, 0.15) is 18.3 Å². The summed E-state index contributed by atoms with van der Waals surface area (Å²) in [5.41, 5.74) is 3.22. The number of benzene rings is 4. The predicted molar refractivity (Wildman–Crippen MR) is 188 cm³/mol. The van der Waals surface area contributed by atoms with E-state index in [4.69, 9.17) is 27.9 Å². The van der Waals surface area contributed by atoms with Gasteiger partial charge in [0.2, 0.25) is 11.8 Å². The Kier molecular flexibility index (Phi) is 12.3. The fraction of sp³-hybridized carbons (Fsp3) is 0.278. The van der Waals surface area contributed by atoms with E-state index in [-0.39, 0.29) is 35.2 Å². The third kappa shape index (κ3) is 9.06. The highest BCUT2D eigenvalue weighted by Gasteiger charge is 2.35. The van der Waals surface area contributed by atoms with Crippen LogP contribution in [-0.2, 0) is 32.6 Å². The van der Waals surface area contributed by atoms with E-state index in [1.54, 1.807) is 48.5 Å². The van der Waals surface area contributed by atoms with Gasteiger partial charge >= 0.3 is 0 Å². The number of anilines is 1. The van der Waals surface area contributed by atoms with Gasteiger partial charge in [0.15, 0.2) is 0 Å². The Bertz CT molecular complexity index is 1800. The molecule has 0 spiro atoms. The molecule has 248 valence electrons. The maximum absolute atomic E-state index is 14.7. The summed E-state index contributed by atoms with van der Waals surface area (Å²) >= 11 is 12.8. The second kappa shape index (κ2) is 16.2. The molecule has 4 aromatic carbocycles. The number of ether oxygens (including phenoxy) is 1. The van der Waals surface area contributed by atoms with Gasteiger partial charge in [-0.3, -0.25) is 13.9 Å².